The fourth-order valence-electron chi connectivity index (χ4n) is 2.56. The summed E-state index contributed by atoms with van der Waals surface area (Å²) in [5.74, 6) is 5.89. The summed E-state index contributed by atoms with van der Waals surface area (Å²) in [7, 11) is 1.72. The third-order valence-electron chi connectivity index (χ3n) is 3.67. The molecule has 0 fully saturated rings. The van der Waals surface area contributed by atoms with Gasteiger partial charge in [-0.15, -0.1) is 0 Å². The van der Waals surface area contributed by atoms with Crippen LogP contribution in [0, 0.1) is 0 Å². The molecular weight excluding hydrogens is 288 g/mol. The Kier molecular flexibility index (Phi) is 3.33. The minimum Gasteiger partial charge on any atom is -0.363 e. The zero-order valence-corrected chi connectivity index (χ0v) is 12.2. The highest BCUT2D eigenvalue weighted by Gasteiger charge is 2.42. The van der Waals surface area contributed by atoms with E-state index in [2.05, 4.69) is 10.4 Å². The van der Waals surface area contributed by atoms with E-state index < -0.39 is 5.72 Å². The van der Waals surface area contributed by atoms with Crippen LogP contribution in [0.5, 0.6) is 0 Å². The summed E-state index contributed by atoms with van der Waals surface area (Å²) >= 11 is 6.09. The number of hydrogen-bond donors (Lipinski definition) is 3. The molecule has 4 N–H and O–H groups in total. The molecular formula is C15H15ClN4O. The molecule has 1 unspecified atom stereocenters. The topological polar surface area (TPSA) is 73.9 Å². The Morgan fingerprint density at radius 1 is 1.24 bits per heavy atom. The molecule has 0 amide bonds. The van der Waals surface area contributed by atoms with Crippen molar-refractivity contribution in [1.82, 2.24) is 10.3 Å². The van der Waals surface area contributed by atoms with Crippen LogP contribution in [0.2, 0.25) is 5.02 Å². The van der Waals surface area contributed by atoms with E-state index in [-0.39, 0.29) is 0 Å². The van der Waals surface area contributed by atoms with E-state index in [1.54, 1.807) is 30.1 Å². The molecule has 6 heteroatoms. The molecule has 108 valence electrons. The van der Waals surface area contributed by atoms with Gasteiger partial charge >= 0.3 is 0 Å². The first-order chi connectivity index (χ1) is 10.1. The molecule has 0 saturated heterocycles. The third-order valence-corrected chi connectivity index (χ3v) is 3.90. The van der Waals surface area contributed by atoms with Gasteiger partial charge in [0, 0.05) is 23.2 Å². The second-order valence-electron chi connectivity index (χ2n) is 4.84. The molecule has 1 atom stereocenters. The van der Waals surface area contributed by atoms with Crippen molar-refractivity contribution in [1.29, 1.82) is 0 Å². The smallest absolute Gasteiger partial charge is 0.216 e. The van der Waals surface area contributed by atoms with E-state index in [1.807, 2.05) is 30.3 Å². The zero-order valence-electron chi connectivity index (χ0n) is 11.4. The van der Waals surface area contributed by atoms with E-state index in [0.29, 0.717) is 27.8 Å². The fraction of sp³-hybridized carbons (Fsp3) is 0.133. The number of aliphatic hydroxyl groups is 1. The molecule has 1 aliphatic heterocycles. The van der Waals surface area contributed by atoms with Crippen molar-refractivity contribution in [2.45, 2.75) is 5.72 Å². The quantitative estimate of drug-likeness (QED) is 0.556. The number of fused-ring (bicyclic) bond motifs is 1. The molecule has 0 aromatic heterocycles. The van der Waals surface area contributed by atoms with Gasteiger partial charge in [0.05, 0.1) is 5.69 Å². The molecule has 2 aromatic rings. The second kappa shape index (κ2) is 5.04. The Balaban J connectivity index is 2.29. The van der Waals surface area contributed by atoms with Crippen molar-refractivity contribution < 1.29 is 5.11 Å². The van der Waals surface area contributed by atoms with Crippen LogP contribution in [0.4, 0.5) is 5.69 Å². The molecule has 1 aliphatic rings. The third kappa shape index (κ3) is 2.06. The summed E-state index contributed by atoms with van der Waals surface area (Å²) in [6, 6.07) is 14.5. The van der Waals surface area contributed by atoms with Gasteiger partial charge in [-0.2, -0.15) is 0 Å². The van der Waals surface area contributed by atoms with Crippen LogP contribution in [0.1, 0.15) is 11.1 Å². The number of rotatable bonds is 1. The Hall–Kier alpha value is -2.08. The molecule has 0 saturated carbocycles. The number of halogens is 1. The minimum absolute atomic E-state index is 0.371. The SMILES string of the molecule is CN1C(NN)=Nc2ccc(Cl)cc2C1(O)c1ccccc1. The minimum atomic E-state index is -1.40. The molecule has 5 nitrogen and oxygen atoms in total. The van der Waals surface area contributed by atoms with E-state index in [4.69, 9.17) is 17.4 Å². The monoisotopic (exact) mass is 302 g/mol. The predicted molar refractivity (Wildman–Crippen MR) is 83.1 cm³/mol. The molecule has 0 spiro atoms. The summed E-state index contributed by atoms with van der Waals surface area (Å²) < 4.78 is 0. The number of nitrogens with one attached hydrogen (secondary N) is 1. The van der Waals surface area contributed by atoms with Crippen molar-refractivity contribution in [2.24, 2.45) is 10.8 Å². The molecule has 21 heavy (non-hydrogen) atoms. The molecule has 3 rings (SSSR count). The molecule has 1 heterocycles. The normalized spacial score (nSPS) is 20.8. The van der Waals surface area contributed by atoms with Crippen molar-refractivity contribution in [3.63, 3.8) is 0 Å². The number of hydrogen-bond acceptors (Lipinski definition) is 5. The van der Waals surface area contributed by atoms with E-state index in [1.165, 1.54) is 0 Å². The van der Waals surface area contributed by atoms with E-state index in [9.17, 15) is 5.11 Å². The van der Waals surface area contributed by atoms with Gasteiger partial charge in [-0.1, -0.05) is 41.9 Å². The van der Waals surface area contributed by atoms with Gasteiger partial charge in [0.2, 0.25) is 5.96 Å². The maximum Gasteiger partial charge on any atom is 0.216 e. The molecule has 2 aromatic carbocycles. The maximum atomic E-state index is 11.4. The molecule has 0 aliphatic carbocycles. The molecule has 0 bridgehead atoms. The number of guanidine groups is 1. The largest absolute Gasteiger partial charge is 0.363 e. The van der Waals surface area contributed by atoms with Gasteiger partial charge < -0.3 is 10.0 Å². The average Bonchev–Trinajstić information content (AvgIpc) is 2.52. The van der Waals surface area contributed by atoms with Gasteiger partial charge in [-0.3, -0.25) is 5.43 Å². The number of benzene rings is 2. The van der Waals surface area contributed by atoms with Gasteiger partial charge in [0.25, 0.3) is 0 Å². The first kappa shape index (κ1) is 13.9. The lowest BCUT2D eigenvalue weighted by Gasteiger charge is -2.42. The summed E-state index contributed by atoms with van der Waals surface area (Å²) in [6.07, 6.45) is 0. The van der Waals surface area contributed by atoms with Crippen molar-refractivity contribution in [2.75, 3.05) is 7.05 Å². The highest BCUT2D eigenvalue weighted by Crippen LogP contribution is 2.42. The van der Waals surface area contributed by atoms with Crippen molar-refractivity contribution in [3.8, 4) is 0 Å². The summed E-state index contributed by atoms with van der Waals surface area (Å²) in [6.45, 7) is 0. The lowest BCUT2D eigenvalue weighted by molar-refractivity contribution is -0.0283. The zero-order chi connectivity index (χ0) is 15.0. The molecule has 0 radical (unpaired) electrons. The van der Waals surface area contributed by atoms with Crippen LogP contribution in [0.15, 0.2) is 53.5 Å². The van der Waals surface area contributed by atoms with Crippen LogP contribution in [-0.4, -0.2) is 23.0 Å². The standard InChI is InChI=1S/C15H15ClN4O/c1-20-14(19-17)18-13-8-7-11(16)9-12(13)15(20,21)10-5-3-2-4-6-10/h2-9,21H,17H2,1H3,(H,18,19). The van der Waals surface area contributed by atoms with Crippen LogP contribution in [0.25, 0.3) is 0 Å². The number of hydrazine groups is 1. The van der Waals surface area contributed by atoms with Crippen LogP contribution < -0.4 is 11.3 Å². The first-order valence-corrected chi connectivity index (χ1v) is 6.82. The lowest BCUT2D eigenvalue weighted by atomic mass is 9.90. The van der Waals surface area contributed by atoms with Crippen LogP contribution in [0.3, 0.4) is 0 Å². The van der Waals surface area contributed by atoms with Gasteiger partial charge in [-0.05, 0) is 18.2 Å². The first-order valence-electron chi connectivity index (χ1n) is 6.44. The summed E-state index contributed by atoms with van der Waals surface area (Å²) in [4.78, 5) is 5.98. The summed E-state index contributed by atoms with van der Waals surface area (Å²) in [5, 5.41) is 11.9. The maximum absolute atomic E-state index is 11.4. The Morgan fingerprint density at radius 3 is 2.62 bits per heavy atom. The second-order valence-corrected chi connectivity index (χ2v) is 5.27. The highest BCUT2D eigenvalue weighted by molar-refractivity contribution is 6.30. The van der Waals surface area contributed by atoms with Gasteiger partial charge in [-0.25, -0.2) is 10.8 Å². The average molecular weight is 303 g/mol. The number of aliphatic imine (C=N–C) groups is 1. The van der Waals surface area contributed by atoms with E-state index in [0.717, 1.165) is 0 Å². The lowest BCUT2D eigenvalue weighted by Crippen LogP contribution is -2.55. The van der Waals surface area contributed by atoms with Gasteiger partial charge in [0.15, 0.2) is 5.72 Å². The van der Waals surface area contributed by atoms with Crippen molar-refractivity contribution in [3.05, 3.63) is 64.7 Å². The fourth-order valence-corrected chi connectivity index (χ4v) is 2.73. The van der Waals surface area contributed by atoms with Gasteiger partial charge in [0.1, 0.15) is 0 Å². The predicted octanol–water partition coefficient (Wildman–Crippen LogP) is 1.93. The van der Waals surface area contributed by atoms with Crippen LogP contribution in [-0.2, 0) is 5.72 Å². The highest BCUT2D eigenvalue weighted by atomic mass is 35.5. The summed E-state index contributed by atoms with van der Waals surface area (Å²) in [5.41, 5.74) is 3.06. The number of nitrogens with zero attached hydrogens (tertiary/aromatic N) is 2. The van der Waals surface area contributed by atoms with Crippen molar-refractivity contribution >= 4 is 23.2 Å². The van der Waals surface area contributed by atoms with Crippen LogP contribution >= 0.6 is 11.6 Å². The Morgan fingerprint density at radius 2 is 1.95 bits per heavy atom. The number of nitrogens with two attached hydrogens (primary N) is 1. The Labute approximate surface area is 127 Å². The Bertz CT molecular complexity index is 704. The van der Waals surface area contributed by atoms with E-state index >= 15 is 0 Å².